The van der Waals surface area contributed by atoms with Crippen LogP contribution in [0.25, 0.3) is 6.08 Å². The molecule has 3 nitrogen and oxygen atoms in total. The number of aryl methyl sites for hydroxylation is 1. The third kappa shape index (κ3) is 4.23. The Morgan fingerprint density at radius 3 is 2.62 bits per heavy atom. The number of H-pyrrole nitrogens is 1. The molecule has 4 heteroatoms. The Kier molecular flexibility index (Phi) is 4.86. The third-order valence-corrected chi connectivity index (χ3v) is 3.15. The first kappa shape index (κ1) is 15.4. The van der Waals surface area contributed by atoms with Gasteiger partial charge in [-0.3, -0.25) is 4.79 Å². The average Bonchev–Trinajstić information content (AvgIpc) is 2.42. The molecule has 2 aromatic rings. The van der Waals surface area contributed by atoms with E-state index in [1.165, 1.54) is 6.07 Å². The monoisotopic (exact) mass is 303 g/mol. The van der Waals surface area contributed by atoms with E-state index < -0.39 is 0 Å². The van der Waals surface area contributed by atoms with Crippen molar-refractivity contribution >= 4 is 17.7 Å². The Hall–Kier alpha value is -2.00. The molecule has 1 N–H and O–H groups in total. The molecule has 21 heavy (non-hydrogen) atoms. The number of nitrogens with one attached hydrogen (secondary N) is 1. The summed E-state index contributed by atoms with van der Waals surface area (Å²) in [7, 11) is 0. The van der Waals surface area contributed by atoms with Gasteiger partial charge in [0.1, 0.15) is 5.75 Å². The van der Waals surface area contributed by atoms with E-state index in [4.69, 9.17) is 16.3 Å². The molecule has 0 aliphatic rings. The Morgan fingerprint density at radius 2 is 2.00 bits per heavy atom. The SMILES string of the molecule is Cc1cc(Cl)ccc1Oc1c[nH]c(/C=C/C(C)C)cc1=O. The fraction of sp³-hybridized carbons (Fsp3) is 0.235. The standard InChI is InChI=1S/C17H18ClNO2/c1-11(2)4-6-14-9-15(20)17(10-19-14)21-16-7-5-13(18)8-12(16)3/h4-11H,1-3H3,(H,19,20)/b6-4+. The number of hydrogen-bond acceptors (Lipinski definition) is 2. The second-order valence-corrected chi connectivity index (χ2v) is 5.67. The van der Waals surface area contributed by atoms with Gasteiger partial charge in [-0.25, -0.2) is 0 Å². The van der Waals surface area contributed by atoms with E-state index >= 15 is 0 Å². The number of halogens is 1. The van der Waals surface area contributed by atoms with Crippen LogP contribution in [0.1, 0.15) is 25.1 Å². The van der Waals surface area contributed by atoms with Gasteiger partial charge in [-0.1, -0.05) is 31.5 Å². The lowest BCUT2D eigenvalue weighted by Gasteiger charge is -2.08. The highest BCUT2D eigenvalue weighted by Crippen LogP contribution is 2.25. The first-order valence-corrected chi connectivity index (χ1v) is 7.18. The minimum Gasteiger partial charge on any atom is -0.451 e. The lowest BCUT2D eigenvalue weighted by atomic mass is 10.2. The Balaban J connectivity index is 2.23. The summed E-state index contributed by atoms with van der Waals surface area (Å²) in [6, 6.07) is 6.81. The lowest BCUT2D eigenvalue weighted by molar-refractivity contribution is 0.472. The van der Waals surface area contributed by atoms with Crippen LogP contribution in [0.15, 0.2) is 41.3 Å². The zero-order valence-electron chi connectivity index (χ0n) is 12.3. The van der Waals surface area contributed by atoms with Gasteiger partial charge in [0, 0.05) is 23.0 Å². The van der Waals surface area contributed by atoms with Crippen LogP contribution in [0.2, 0.25) is 5.02 Å². The molecule has 0 amide bonds. The van der Waals surface area contributed by atoms with Crippen molar-refractivity contribution in [1.29, 1.82) is 0 Å². The molecular formula is C17H18ClNO2. The summed E-state index contributed by atoms with van der Waals surface area (Å²) >= 11 is 5.90. The minimum atomic E-state index is -0.161. The summed E-state index contributed by atoms with van der Waals surface area (Å²) in [6.07, 6.45) is 5.49. The van der Waals surface area contributed by atoms with E-state index in [9.17, 15) is 4.79 Å². The van der Waals surface area contributed by atoms with Crippen molar-refractivity contribution in [2.45, 2.75) is 20.8 Å². The van der Waals surface area contributed by atoms with Crippen LogP contribution in [-0.2, 0) is 0 Å². The van der Waals surface area contributed by atoms with Crippen LogP contribution in [-0.4, -0.2) is 4.98 Å². The van der Waals surface area contributed by atoms with E-state index in [1.54, 1.807) is 24.4 Å². The summed E-state index contributed by atoms with van der Waals surface area (Å²) in [6.45, 7) is 6.04. The fourth-order valence-electron chi connectivity index (χ4n) is 1.79. The molecule has 0 bridgehead atoms. The second-order valence-electron chi connectivity index (χ2n) is 5.23. The molecule has 0 spiro atoms. The van der Waals surface area contributed by atoms with Gasteiger partial charge in [0.25, 0.3) is 0 Å². The van der Waals surface area contributed by atoms with Crippen LogP contribution in [0, 0.1) is 12.8 Å². The number of pyridine rings is 1. The molecule has 110 valence electrons. The molecule has 0 atom stereocenters. The predicted molar refractivity (Wildman–Crippen MR) is 87.2 cm³/mol. The number of hydrogen-bond donors (Lipinski definition) is 1. The summed E-state index contributed by atoms with van der Waals surface area (Å²) in [5, 5.41) is 0.642. The van der Waals surface area contributed by atoms with E-state index in [1.807, 2.05) is 19.1 Å². The maximum Gasteiger partial charge on any atom is 0.224 e. The summed E-state index contributed by atoms with van der Waals surface area (Å²) in [4.78, 5) is 15.1. The van der Waals surface area contributed by atoms with Crippen molar-refractivity contribution in [2.75, 3.05) is 0 Å². The Bertz CT molecular complexity index is 717. The van der Waals surface area contributed by atoms with Crippen molar-refractivity contribution < 1.29 is 4.74 Å². The van der Waals surface area contributed by atoms with Crippen molar-refractivity contribution in [3.63, 3.8) is 0 Å². The van der Waals surface area contributed by atoms with Gasteiger partial charge in [0.05, 0.1) is 0 Å². The van der Waals surface area contributed by atoms with Crippen molar-refractivity contribution in [3.05, 3.63) is 63.0 Å². The zero-order valence-corrected chi connectivity index (χ0v) is 13.1. The number of aromatic amines is 1. The van der Waals surface area contributed by atoms with Gasteiger partial charge in [-0.2, -0.15) is 0 Å². The third-order valence-electron chi connectivity index (χ3n) is 2.92. The minimum absolute atomic E-state index is 0.161. The lowest BCUT2D eigenvalue weighted by Crippen LogP contribution is -2.05. The topological polar surface area (TPSA) is 42.1 Å². The highest BCUT2D eigenvalue weighted by atomic mass is 35.5. The van der Waals surface area contributed by atoms with Crippen LogP contribution < -0.4 is 10.2 Å². The van der Waals surface area contributed by atoms with E-state index in [0.717, 1.165) is 11.3 Å². The quantitative estimate of drug-likeness (QED) is 0.881. The molecule has 0 aliphatic heterocycles. The molecule has 0 saturated carbocycles. The second kappa shape index (κ2) is 6.64. The maximum absolute atomic E-state index is 12.1. The molecule has 0 unspecified atom stereocenters. The molecule has 1 aromatic carbocycles. The molecule has 1 aromatic heterocycles. The smallest absolute Gasteiger partial charge is 0.224 e. The van der Waals surface area contributed by atoms with Crippen LogP contribution in [0.3, 0.4) is 0 Å². The zero-order chi connectivity index (χ0) is 15.4. The Labute approximate surface area is 129 Å². The normalized spacial score (nSPS) is 11.3. The average molecular weight is 304 g/mol. The van der Waals surface area contributed by atoms with E-state index in [0.29, 0.717) is 16.7 Å². The molecule has 0 saturated heterocycles. The number of benzene rings is 1. The number of aromatic nitrogens is 1. The number of ether oxygens (including phenoxy) is 1. The van der Waals surface area contributed by atoms with Crippen LogP contribution in [0.5, 0.6) is 11.5 Å². The van der Waals surface area contributed by atoms with E-state index in [2.05, 4.69) is 18.8 Å². The predicted octanol–water partition coefficient (Wildman–Crippen LogP) is 4.80. The molecule has 1 heterocycles. The van der Waals surface area contributed by atoms with E-state index in [-0.39, 0.29) is 11.2 Å². The number of allylic oxidation sites excluding steroid dienone is 1. The summed E-state index contributed by atoms with van der Waals surface area (Å²) in [5.74, 6) is 1.32. The van der Waals surface area contributed by atoms with Gasteiger partial charge in [-0.15, -0.1) is 0 Å². The largest absolute Gasteiger partial charge is 0.451 e. The van der Waals surface area contributed by atoms with Gasteiger partial charge in [-0.05, 0) is 42.7 Å². The van der Waals surface area contributed by atoms with Gasteiger partial charge in [0.15, 0.2) is 5.75 Å². The summed E-state index contributed by atoms with van der Waals surface area (Å²) < 4.78 is 5.65. The van der Waals surface area contributed by atoms with Crippen molar-refractivity contribution in [1.82, 2.24) is 4.98 Å². The van der Waals surface area contributed by atoms with Gasteiger partial charge in [0.2, 0.25) is 5.43 Å². The maximum atomic E-state index is 12.1. The van der Waals surface area contributed by atoms with Crippen molar-refractivity contribution in [2.24, 2.45) is 5.92 Å². The number of rotatable bonds is 4. The van der Waals surface area contributed by atoms with Crippen LogP contribution >= 0.6 is 11.6 Å². The van der Waals surface area contributed by atoms with Gasteiger partial charge < -0.3 is 9.72 Å². The summed E-state index contributed by atoms with van der Waals surface area (Å²) in [5.41, 5.74) is 1.48. The Morgan fingerprint density at radius 1 is 1.24 bits per heavy atom. The fourth-order valence-corrected chi connectivity index (χ4v) is 2.02. The molecule has 2 rings (SSSR count). The van der Waals surface area contributed by atoms with Crippen molar-refractivity contribution in [3.8, 4) is 11.5 Å². The first-order valence-electron chi connectivity index (χ1n) is 6.80. The van der Waals surface area contributed by atoms with Gasteiger partial charge >= 0.3 is 0 Å². The first-order chi connectivity index (χ1) is 9.95. The highest BCUT2D eigenvalue weighted by Gasteiger charge is 2.06. The molecule has 0 aliphatic carbocycles. The molecule has 0 fully saturated rings. The van der Waals surface area contributed by atoms with Crippen LogP contribution in [0.4, 0.5) is 0 Å². The molecular weight excluding hydrogens is 286 g/mol. The molecule has 0 radical (unpaired) electrons. The highest BCUT2D eigenvalue weighted by molar-refractivity contribution is 6.30.